The van der Waals surface area contributed by atoms with Crippen molar-refractivity contribution in [1.29, 1.82) is 0 Å². The molecular formula is C17H19FO. The Balaban J connectivity index is 2.17. The summed E-state index contributed by atoms with van der Waals surface area (Å²) in [4.78, 5) is 0. The van der Waals surface area contributed by atoms with Crippen molar-refractivity contribution in [3.8, 4) is 5.75 Å². The topological polar surface area (TPSA) is 9.23 Å². The Morgan fingerprint density at radius 1 is 1.11 bits per heavy atom. The molecule has 0 atom stereocenters. The fraction of sp³-hybridized carbons (Fsp3) is 0.294. The van der Waals surface area contributed by atoms with Crippen LogP contribution in [0.1, 0.15) is 36.5 Å². The summed E-state index contributed by atoms with van der Waals surface area (Å²) in [6, 6.07) is 12.8. The van der Waals surface area contributed by atoms with Crippen LogP contribution in [0.2, 0.25) is 0 Å². The molecule has 0 radical (unpaired) electrons. The van der Waals surface area contributed by atoms with Gasteiger partial charge in [0.15, 0.2) is 0 Å². The molecule has 0 aromatic heterocycles. The largest absolute Gasteiger partial charge is 0.489 e. The van der Waals surface area contributed by atoms with Crippen LogP contribution in [0, 0.1) is 12.7 Å². The molecule has 0 saturated heterocycles. The van der Waals surface area contributed by atoms with E-state index in [1.807, 2.05) is 25.1 Å². The zero-order valence-electron chi connectivity index (χ0n) is 11.6. The maximum atomic E-state index is 13.2. The molecule has 1 nitrogen and oxygen atoms in total. The predicted molar refractivity (Wildman–Crippen MR) is 76.0 cm³/mol. The van der Waals surface area contributed by atoms with Crippen molar-refractivity contribution in [2.24, 2.45) is 0 Å². The molecule has 0 heterocycles. The van der Waals surface area contributed by atoms with Gasteiger partial charge in [-0.1, -0.05) is 38.1 Å². The Morgan fingerprint density at radius 3 is 2.58 bits per heavy atom. The third-order valence-corrected chi connectivity index (χ3v) is 3.24. The number of hydrogen-bond donors (Lipinski definition) is 0. The molecule has 0 amide bonds. The zero-order chi connectivity index (χ0) is 13.8. The molecule has 2 heteroatoms. The van der Waals surface area contributed by atoms with Gasteiger partial charge in [0.1, 0.15) is 18.2 Å². The van der Waals surface area contributed by atoms with Gasteiger partial charge in [-0.15, -0.1) is 0 Å². The Hall–Kier alpha value is -1.83. The van der Waals surface area contributed by atoms with Gasteiger partial charge in [-0.3, -0.25) is 0 Å². The molecule has 0 unspecified atom stereocenters. The average molecular weight is 258 g/mol. The van der Waals surface area contributed by atoms with E-state index in [9.17, 15) is 4.39 Å². The number of hydrogen-bond acceptors (Lipinski definition) is 1. The van der Waals surface area contributed by atoms with Crippen LogP contribution in [0.5, 0.6) is 5.75 Å². The lowest BCUT2D eigenvalue weighted by molar-refractivity contribution is 0.300. The minimum absolute atomic E-state index is 0.221. The van der Waals surface area contributed by atoms with Gasteiger partial charge in [0, 0.05) is 0 Å². The van der Waals surface area contributed by atoms with Crippen molar-refractivity contribution >= 4 is 0 Å². The van der Waals surface area contributed by atoms with E-state index < -0.39 is 0 Å². The maximum absolute atomic E-state index is 13.2. The van der Waals surface area contributed by atoms with Crippen LogP contribution in [0.4, 0.5) is 4.39 Å². The van der Waals surface area contributed by atoms with Crippen molar-refractivity contribution in [3.63, 3.8) is 0 Å². The van der Waals surface area contributed by atoms with Crippen LogP contribution in [0.25, 0.3) is 0 Å². The van der Waals surface area contributed by atoms with E-state index in [0.29, 0.717) is 12.5 Å². The highest BCUT2D eigenvalue weighted by Crippen LogP contribution is 2.26. The summed E-state index contributed by atoms with van der Waals surface area (Å²) < 4.78 is 19.1. The molecular weight excluding hydrogens is 239 g/mol. The minimum atomic E-state index is -0.221. The first-order valence-corrected chi connectivity index (χ1v) is 6.54. The van der Waals surface area contributed by atoms with Crippen LogP contribution < -0.4 is 4.74 Å². The van der Waals surface area contributed by atoms with E-state index in [0.717, 1.165) is 16.9 Å². The molecule has 2 aromatic rings. The highest BCUT2D eigenvalue weighted by Gasteiger charge is 2.08. The first-order valence-electron chi connectivity index (χ1n) is 6.54. The van der Waals surface area contributed by atoms with Gasteiger partial charge < -0.3 is 4.74 Å². The van der Waals surface area contributed by atoms with Crippen LogP contribution in [0.15, 0.2) is 42.5 Å². The zero-order valence-corrected chi connectivity index (χ0v) is 11.6. The van der Waals surface area contributed by atoms with Crippen molar-refractivity contribution in [1.82, 2.24) is 0 Å². The van der Waals surface area contributed by atoms with Crippen LogP contribution in [-0.4, -0.2) is 0 Å². The van der Waals surface area contributed by atoms with Gasteiger partial charge >= 0.3 is 0 Å². The molecule has 100 valence electrons. The molecule has 0 aliphatic heterocycles. The number of halogens is 1. The summed E-state index contributed by atoms with van der Waals surface area (Å²) in [5, 5.41) is 0. The molecule has 0 aliphatic carbocycles. The Morgan fingerprint density at radius 2 is 1.84 bits per heavy atom. The van der Waals surface area contributed by atoms with Gasteiger partial charge in [-0.2, -0.15) is 0 Å². The molecule has 19 heavy (non-hydrogen) atoms. The molecule has 0 spiro atoms. The molecule has 2 aromatic carbocycles. The second kappa shape index (κ2) is 5.87. The first kappa shape index (κ1) is 13.6. The quantitative estimate of drug-likeness (QED) is 0.762. The summed E-state index contributed by atoms with van der Waals surface area (Å²) in [6.07, 6.45) is 0. The van der Waals surface area contributed by atoms with Gasteiger partial charge in [0.2, 0.25) is 0 Å². The highest BCUT2D eigenvalue weighted by atomic mass is 19.1. The summed E-state index contributed by atoms with van der Waals surface area (Å²) in [5.74, 6) is 1.06. The van der Waals surface area contributed by atoms with Crippen molar-refractivity contribution < 1.29 is 9.13 Å². The lowest BCUT2D eigenvalue weighted by Gasteiger charge is -2.14. The van der Waals surface area contributed by atoms with Gasteiger partial charge in [0.25, 0.3) is 0 Å². The van der Waals surface area contributed by atoms with E-state index in [-0.39, 0.29) is 5.82 Å². The van der Waals surface area contributed by atoms with E-state index in [4.69, 9.17) is 4.74 Å². The highest BCUT2D eigenvalue weighted by molar-refractivity contribution is 5.36. The Kier molecular flexibility index (Phi) is 4.20. The number of benzene rings is 2. The van der Waals surface area contributed by atoms with Crippen molar-refractivity contribution in [2.45, 2.75) is 33.3 Å². The maximum Gasteiger partial charge on any atom is 0.123 e. The molecule has 0 N–H and O–H groups in total. The van der Waals surface area contributed by atoms with E-state index in [1.165, 1.54) is 17.7 Å². The Labute approximate surface area is 114 Å². The van der Waals surface area contributed by atoms with Crippen molar-refractivity contribution in [2.75, 3.05) is 0 Å². The molecule has 0 aliphatic rings. The summed E-state index contributed by atoms with van der Waals surface area (Å²) in [5.41, 5.74) is 3.11. The number of para-hydroxylation sites is 1. The molecule has 0 saturated carbocycles. The lowest BCUT2D eigenvalue weighted by Crippen LogP contribution is -2.01. The Bertz CT molecular complexity index is 561. The third-order valence-electron chi connectivity index (χ3n) is 3.24. The van der Waals surface area contributed by atoms with Gasteiger partial charge in [-0.05, 0) is 47.7 Å². The normalized spacial score (nSPS) is 10.8. The SMILES string of the molecule is Cc1ccc(F)cc1COc1ccccc1C(C)C. The molecule has 0 bridgehead atoms. The smallest absolute Gasteiger partial charge is 0.123 e. The summed E-state index contributed by atoms with van der Waals surface area (Å²) in [6.45, 7) is 6.63. The fourth-order valence-electron chi connectivity index (χ4n) is 2.04. The molecule has 0 fully saturated rings. The van der Waals surface area contributed by atoms with E-state index in [1.54, 1.807) is 6.07 Å². The second-order valence-corrected chi connectivity index (χ2v) is 5.05. The monoisotopic (exact) mass is 258 g/mol. The van der Waals surface area contributed by atoms with Crippen LogP contribution in [0.3, 0.4) is 0 Å². The van der Waals surface area contributed by atoms with E-state index in [2.05, 4.69) is 19.9 Å². The lowest BCUT2D eigenvalue weighted by atomic mass is 10.0. The fourth-order valence-corrected chi connectivity index (χ4v) is 2.04. The average Bonchev–Trinajstić information content (AvgIpc) is 2.40. The first-order chi connectivity index (χ1) is 9.08. The minimum Gasteiger partial charge on any atom is -0.489 e. The van der Waals surface area contributed by atoms with Crippen molar-refractivity contribution in [3.05, 3.63) is 65.0 Å². The van der Waals surface area contributed by atoms with Crippen LogP contribution in [-0.2, 0) is 6.61 Å². The predicted octanol–water partition coefficient (Wildman–Crippen LogP) is 4.84. The number of ether oxygens (including phenoxy) is 1. The van der Waals surface area contributed by atoms with E-state index >= 15 is 0 Å². The van der Waals surface area contributed by atoms with Crippen LogP contribution >= 0.6 is 0 Å². The third kappa shape index (κ3) is 3.34. The number of rotatable bonds is 4. The second-order valence-electron chi connectivity index (χ2n) is 5.05. The standard InChI is InChI=1S/C17H19FO/c1-12(2)16-6-4-5-7-17(16)19-11-14-10-15(18)9-8-13(14)3/h4-10,12H,11H2,1-3H3. The summed E-state index contributed by atoms with van der Waals surface area (Å²) >= 11 is 0. The summed E-state index contributed by atoms with van der Waals surface area (Å²) in [7, 11) is 0. The molecule has 2 rings (SSSR count). The van der Waals surface area contributed by atoms with Gasteiger partial charge in [-0.25, -0.2) is 4.39 Å². The number of aryl methyl sites for hydroxylation is 1. The van der Waals surface area contributed by atoms with Gasteiger partial charge in [0.05, 0.1) is 0 Å².